The lowest BCUT2D eigenvalue weighted by Gasteiger charge is -2.28. The van der Waals surface area contributed by atoms with Crippen molar-refractivity contribution >= 4 is 5.69 Å². The van der Waals surface area contributed by atoms with E-state index in [1.54, 1.807) is 6.20 Å². The summed E-state index contributed by atoms with van der Waals surface area (Å²) in [5.74, 6) is 0. The van der Waals surface area contributed by atoms with Crippen LogP contribution < -0.4 is 4.90 Å². The van der Waals surface area contributed by atoms with E-state index in [1.165, 1.54) is 12.8 Å². The molecule has 1 fully saturated rings. The molecule has 2 rings (SSSR count). The van der Waals surface area contributed by atoms with Crippen LogP contribution in [-0.2, 0) is 0 Å². The Bertz CT molecular complexity index is 422. The molecule has 0 spiro atoms. The summed E-state index contributed by atoms with van der Waals surface area (Å²) in [5, 5.41) is 8.88. The number of anilines is 1. The van der Waals surface area contributed by atoms with Crippen LogP contribution in [0.4, 0.5) is 5.69 Å². The molecule has 17 heavy (non-hydrogen) atoms. The number of rotatable bonds is 3. The molecule has 0 aliphatic carbocycles. The van der Waals surface area contributed by atoms with Crippen LogP contribution in [0.1, 0.15) is 18.5 Å². The van der Waals surface area contributed by atoms with Crippen molar-refractivity contribution in [2.45, 2.75) is 18.9 Å². The molecule has 0 N–H and O–H groups in total. The van der Waals surface area contributed by atoms with E-state index >= 15 is 0 Å². The zero-order valence-electron chi connectivity index (χ0n) is 10.4. The minimum Gasteiger partial charge on any atom is -0.367 e. The van der Waals surface area contributed by atoms with Gasteiger partial charge in [0.25, 0.3) is 0 Å². The Balaban J connectivity index is 2.17. The molecule has 1 aliphatic heterocycles. The predicted octanol–water partition coefficient (Wildman–Crippen LogP) is 1.48. The number of hydrogen-bond donors (Lipinski definition) is 0. The molecule has 1 unspecified atom stereocenters. The van der Waals surface area contributed by atoms with Gasteiger partial charge in [-0.1, -0.05) is 0 Å². The molecule has 2 heterocycles. The quantitative estimate of drug-likeness (QED) is 0.789. The van der Waals surface area contributed by atoms with Crippen molar-refractivity contribution in [3.8, 4) is 6.07 Å². The summed E-state index contributed by atoms with van der Waals surface area (Å²) in [5.41, 5.74) is 1.62. The van der Waals surface area contributed by atoms with Crippen molar-refractivity contribution in [2.75, 3.05) is 32.1 Å². The van der Waals surface area contributed by atoms with Crippen molar-refractivity contribution < 1.29 is 0 Å². The average molecular weight is 230 g/mol. The van der Waals surface area contributed by atoms with E-state index in [9.17, 15) is 0 Å². The van der Waals surface area contributed by atoms with Crippen LogP contribution in [-0.4, -0.2) is 43.1 Å². The van der Waals surface area contributed by atoms with Crippen molar-refractivity contribution in [1.82, 2.24) is 9.88 Å². The van der Waals surface area contributed by atoms with Gasteiger partial charge in [-0.15, -0.1) is 0 Å². The molecule has 0 aromatic carbocycles. The first-order chi connectivity index (χ1) is 8.20. The number of likely N-dealkylation sites (N-methyl/N-ethyl adjacent to an activating group) is 1. The van der Waals surface area contributed by atoms with Crippen molar-refractivity contribution in [2.24, 2.45) is 0 Å². The van der Waals surface area contributed by atoms with Gasteiger partial charge in [0, 0.05) is 31.0 Å². The molecule has 0 radical (unpaired) electrons. The van der Waals surface area contributed by atoms with Crippen LogP contribution in [0.5, 0.6) is 0 Å². The molecule has 1 aliphatic rings. The van der Waals surface area contributed by atoms with E-state index in [4.69, 9.17) is 5.26 Å². The molecule has 0 saturated carbocycles. The summed E-state index contributed by atoms with van der Waals surface area (Å²) in [7, 11) is 4.20. The van der Waals surface area contributed by atoms with Gasteiger partial charge in [-0.25, -0.2) is 4.98 Å². The summed E-state index contributed by atoms with van der Waals surface area (Å²) in [6.45, 7) is 2.14. The van der Waals surface area contributed by atoms with E-state index in [-0.39, 0.29) is 0 Å². The second kappa shape index (κ2) is 5.15. The molecule has 0 amide bonds. The molecular formula is C13H18N4. The second-order valence-electron chi connectivity index (χ2n) is 4.76. The van der Waals surface area contributed by atoms with Crippen molar-refractivity contribution in [3.63, 3.8) is 0 Å². The zero-order chi connectivity index (χ0) is 12.3. The first-order valence-corrected chi connectivity index (χ1v) is 5.98. The van der Waals surface area contributed by atoms with Crippen LogP contribution in [0.2, 0.25) is 0 Å². The number of nitrogens with zero attached hydrogens (tertiary/aromatic N) is 4. The fraction of sp³-hybridized carbons (Fsp3) is 0.538. The van der Waals surface area contributed by atoms with Gasteiger partial charge < -0.3 is 9.80 Å². The maximum atomic E-state index is 8.88. The van der Waals surface area contributed by atoms with Crippen molar-refractivity contribution in [3.05, 3.63) is 24.0 Å². The fourth-order valence-electron chi connectivity index (χ4n) is 2.45. The van der Waals surface area contributed by atoms with Gasteiger partial charge in [0.15, 0.2) is 0 Å². The Kier molecular flexibility index (Phi) is 3.60. The Hall–Kier alpha value is -1.60. The first kappa shape index (κ1) is 11.9. The minimum absolute atomic E-state index is 0.498. The van der Waals surface area contributed by atoms with E-state index in [2.05, 4.69) is 34.9 Å². The molecule has 90 valence electrons. The van der Waals surface area contributed by atoms with Gasteiger partial charge in [-0.3, -0.25) is 0 Å². The minimum atomic E-state index is 0.498. The smallest absolute Gasteiger partial charge is 0.142 e. The van der Waals surface area contributed by atoms with Crippen molar-refractivity contribution in [1.29, 1.82) is 5.26 Å². The highest BCUT2D eigenvalue weighted by Gasteiger charge is 2.25. The third kappa shape index (κ3) is 2.75. The van der Waals surface area contributed by atoms with Gasteiger partial charge in [0.05, 0.1) is 0 Å². The third-order valence-electron chi connectivity index (χ3n) is 3.14. The summed E-state index contributed by atoms with van der Waals surface area (Å²) in [4.78, 5) is 8.63. The highest BCUT2D eigenvalue weighted by molar-refractivity contribution is 5.50. The molecular weight excluding hydrogens is 212 g/mol. The lowest BCUT2D eigenvalue weighted by molar-refractivity contribution is 0.372. The van der Waals surface area contributed by atoms with Crippen LogP contribution >= 0.6 is 0 Å². The second-order valence-corrected chi connectivity index (χ2v) is 4.76. The molecule has 0 bridgehead atoms. The van der Waals surface area contributed by atoms with E-state index in [0.29, 0.717) is 11.7 Å². The van der Waals surface area contributed by atoms with E-state index in [1.807, 2.05) is 12.1 Å². The molecule has 4 heteroatoms. The Morgan fingerprint density at radius 1 is 1.59 bits per heavy atom. The highest BCUT2D eigenvalue weighted by Crippen LogP contribution is 2.25. The average Bonchev–Trinajstić information content (AvgIpc) is 2.76. The van der Waals surface area contributed by atoms with Gasteiger partial charge in [0.1, 0.15) is 11.8 Å². The van der Waals surface area contributed by atoms with Gasteiger partial charge >= 0.3 is 0 Å². The highest BCUT2D eigenvalue weighted by atomic mass is 15.2. The Morgan fingerprint density at radius 3 is 3.12 bits per heavy atom. The first-order valence-electron chi connectivity index (χ1n) is 5.98. The Morgan fingerprint density at radius 2 is 2.41 bits per heavy atom. The Labute approximate surface area is 102 Å². The summed E-state index contributed by atoms with van der Waals surface area (Å²) in [6.07, 6.45) is 4.17. The predicted molar refractivity (Wildman–Crippen MR) is 67.9 cm³/mol. The number of hydrogen-bond acceptors (Lipinski definition) is 4. The van der Waals surface area contributed by atoms with Gasteiger partial charge in [-0.05, 0) is 39.1 Å². The van der Waals surface area contributed by atoms with Gasteiger partial charge in [-0.2, -0.15) is 5.26 Å². The summed E-state index contributed by atoms with van der Waals surface area (Å²) in [6, 6.07) is 6.53. The summed E-state index contributed by atoms with van der Waals surface area (Å²) < 4.78 is 0. The molecule has 1 aromatic rings. The lowest BCUT2D eigenvalue weighted by Crippen LogP contribution is -2.37. The molecule has 1 saturated heterocycles. The maximum absolute atomic E-state index is 8.88. The normalized spacial score (nSPS) is 19.6. The zero-order valence-corrected chi connectivity index (χ0v) is 10.4. The van der Waals surface area contributed by atoms with E-state index < -0.39 is 0 Å². The molecule has 1 atom stereocenters. The lowest BCUT2D eigenvalue weighted by atomic mass is 10.2. The van der Waals surface area contributed by atoms with Gasteiger partial charge in [0.2, 0.25) is 0 Å². The topological polar surface area (TPSA) is 43.2 Å². The molecule has 1 aromatic heterocycles. The number of pyridine rings is 1. The number of aromatic nitrogens is 1. The van der Waals surface area contributed by atoms with Crippen LogP contribution in [0, 0.1) is 11.3 Å². The fourth-order valence-corrected chi connectivity index (χ4v) is 2.45. The largest absolute Gasteiger partial charge is 0.367 e. The number of nitriles is 1. The van der Waals surface area contributed by atoms with Crippen LogP contribution in [0.15, 0.2) is 18.3 Å². The van der Waals surface area contributed by atoms with Crippen LogP contribution in [0.25, 0.3) is 0 Å². The summed E-state index contributed by atoms with van der Waals surface area (Å²) >= 11 is 0. The van der Waals surface area contributed by atoms with E-state index in [0.717, 1.165) is 18.8 Å². The van der Waals surface area contributed by atoms with Crippen LogP contribution in [0.3, 0.4) is 0 Å². The maximum Gasteiger partial charge on any atom is 0.142 e. The standard InChI is InChI=1S/C13H18N4/c1-16(2)10-13-4-3-7-17(13)12-5-6-15-11(8-12)9-14/h5-6,8,13H,3-4,7,10H2,1-2H3. The SMILES string of the molecule is CN(C)CC1CCCN1c1ccnc(C#N)c1. The monoisotopic (exact) mass is 230 g/mol. The third-order valence-corrected chi connectivity index (χ3v) is 3.14. The molecule has 4 nitrogen and oxygen atoms in total.